The van der Waals surface area contributed by atoms with Crippen LogP contribution in [0.5, 0.6) is 5.75 Å². The fourth-order valence-electron chi connectivity index (χ4n) is 4.15. The van der Waals surface area contributed by atoms with Crippen LogP contribution in [0.3, 0.4) is 0 Å². The van der Waals surface area contributed by atoms with Crippen LogP contribution in [0.15, 0.2) is 71.6 Å². The first kappa shape index (κ1) is 34.8. The van der Waals surface area contributed by atoms with Crippen LogP contribution in [0.25, 0.3) is 0 Å². The third kappa shape index (κ3) is 8.94. The topological polar surface area (TPSA) is 177 Å². The number of para-hydroxylation sites is 1. The molecule has 0 radical (unpaired) electrons. The van der Waals surface area contributed by atoms with Crippen LogP contribution in [0.4, 0.5) is 11.4 Å². The molecule has 45 heavy (non-hydrogen) atoms. The highest BCUT2D eigenvalue weighted by molar-refractivity contribution is 7.99. The Balaban J connectivity index is 0.000000838. The molecule has 0 spiro atoms. The fraction of sp³-hybridized carbons (Fsp3) is 0.267. The average molecular weight is 660 g/mol. The van der Waals surface area contributed by atoms with Gasteiger partial charge in [0.25, 0.3) is 11.6 Å². The summed E-state index contributed by atoms with van der Waals surface area (Å²) in [4.78, 5) is 61.0. The van der Waals surface area contributed by atoms with Crippen LogP contribution in [-0.2, 0) is 19.1 Å². The van der Waals surface area contributed by atoms with Crippen molar-refractivity contribution in [2.24, 2.45) is 0 Å². The summed E-state index contributed by atoms with van der Waals surface area (Å²) < 4.78 is 11.2. The predicted octanol–water partition coefficient (Wildman–Crippen LogP) is 4.77. The van der Waals surface area contributed by atoms with Gasteiger partial charge in [-0.1, -0.05) is 42.8 Å². The number of anilines is 1. The first-order valence-electron chi connectivity index (χ1n) is 13.4. The molecule has 1 heterocycles. The number of likely N-dealkylation sites (N-methyl/N-ethyl adjacent to an activating group) is 1. The van der Waals surface area contributed by atoms with E-state index < -0.39 is 39.9 Å². The second kappa shape index (κ2) is 15.9. The smallest absolute Gasteiger partial charge is 0.414 e. The largest absolute Gasteiger partial charge is 0.497 e. The zero-order chi connectivity index (χ0) is 33.3. The van der Waals surface area contributed by atoms with Gasteiger partial charge in [0.15, 0.2) is 6.10 Å². The summed E-state index contributed by atoms with van der Waals surface area (Å²) in [6, 6.07) is 18.5. The van der Waals surface area contributed by atoms with Gasteiger partial charge in [0.1, 0.15) is 10.8 Å². The van der Waals surface area contributed by atoms with E-state index in [4.69, 9.17) is 40.9 Å². The average Bonchev–Trinajstić information content (AvgIpc) is 3.14. The van der Waals surface area contributed by atoms with E-state index >= 15 is 0 Å². The number of amides is 1. The first-order valence-corrected chi connectivity index (χ1v) is 14.6. The molecule has 0 saturated heterocycles. The van der Waals surface area contributed by atoms with Crippen LogP contribution < -0.4 is 9.64 Å². The molecule has 13 nitrogen and oxygen atoms in total. The minimum atomic E-state index is -1.82. The Morgan fingerprint density at radius 1 is 1.07 bits per heavy atom. The minimum absolute atomic E-state index is 0.0728. The van der Waals surface area contributed by atoms with Gasteiger partial charge in [0.2, 0.25) is 0 Å². The van der Waals surface area contributed by atoms with Crippen molar-refractivity contribution < 1.29 is 43.8 Å². The summed E-state index contributed by atoms with van der Waals surface area (Å²) in [7, 11) is 3.53. The molecule has 1 aliphatic heterocycles. The quantitative estimate of drug-likeness (QED) is 0.139. The Morgan fingerprint density at radius 3 is 2.29 bits per heavy atom. The van der Waals surface area contributed by atoms with Crippen molar-refractivity contribution in [1.29, 1.82) is 0 Å². The highest BCUT2D eigenvalue weighted by Gasteiger charge is 2.41. The summed E-state index contributed by atoms with van der Waals surface area (Å²) in [5.74, 6) is -4.24. The molecular formula is C30H30ClN3O10S. The number of esters is 1. The highest BCUT2D eigenvalue weighted by Crippen LogP contribution is 2.47. The molecule has 0 aliphatic carbocycles. The molecule has 1 aliphatic rings. The first-order chi connectivity index (χ1) is 21.4. The number of nitro benzene ring substituents is 1. The number of hydrogen-bond donors (Lipinski definition) is 2. The van der Waals surface area contributed by atoms with Crippen LogP contribution in [0.2, 0.25) is 5.02 Å². The zero-order valence-corrected chi connectivity index (χ0v) is 26.0. The number of ether oxygens (including phenoxy) is 2. The predicted molar refractivity (Wildman–Crippen MR) is 166 cm³/mol. The summed E-state index contributed by atoms with van der Waals surface area (Å²) in [5.41, 5.74) is 1.000. The molecule has 2 atom stereocenters. The van der Waals surface area contributed by atoms with Gasteiger partial charge in [-0.15, -0.1) is 11.8 Å². The van der Waals surface area contributed by atoms with E-state index in [1.54, 1.807) is 24.1 Å². The second-order valence-electron chi connectivity index (χ2n) is 9.52. The molecule has 2 N–H and O–H groups in total. The van der Waals surface area contributed by atoms with Gasteiger partial charge < -0.3 is 29.5 Å². The van der Waals surface area contributed by atoms with Crippen molar-refractivity contribution in [2.75, 3.05) is 38.7 Å². The summed E-state index contributed by atoms with van der Waals surface area (Å²) >= 11 is 7.36. The van der Waals surface area contributed by atoms with Crippen LogP contribution in [0.1, 0.15) is 28.1 Å². The lowest BCUT2D eigenvalue weighted by Gasteiger charge is -2.29. The third-order valence-corrected chi connectivity index (χ3v) is 8.37. The van der Waals surface area contributed by atoms with Gasteiger partial charge in [0, 0.05) is 24.1 Å². The molecule has 0 fully saturated rings. The monoisotopic (exact) mass is 659 g/mol. The van der Waals surface area contributed by atoms with Crippen molar-refractivity contribution in [1.82, 2.24) is 4.90 Å². The van der Waals surface area contributed by atoms with Crippen molar-refractivity contribution in [2.45, 2.75) is 23.2 Å². The lowest BCUT2D eigenvalue weighted by molar-refractivity contribution is -0.384. The SMILES string of the molecule is CCN(C)CCN1C(=O)[C@H](OC(=O)c2ccc(Cl)c([N+](=O)[O-])c2)[C@H](c2ccc(OC)cc2)Sc2ccccc21.O=C(O)C(=O)O. The molecule has 1 amide bonds. The number of thioether (sulfide) groups is 1. The van der Waals surface area contributed by atoms with Crippen molar-refractivity contribution in [3.05, 3.63) is 93.0 Å². The van der Waals surface area contributed by atoms with E-state index in [1.807, 2.05) is 50.4 Å². The molecule has 15 heteroatoms. The number of benzene rings is 3. The summed E-state index contributed by atoms with van der Waals surface area (Å²) in [5, 5.41) is 25.5. The fourth-order valence-corrected chi connectivity index (χ4v) is 5.66. The van der Waals surface area contributed by atoms with E-state index in [0.29, 0.717) is 18.8 Å². The number of carboxylic acids is 2. The number of nitro groups is 1. The molecule has 3 aromatic carbocycles. The van der Waals surface area contributed by atoms with Gasteiger partial charge in [-0.25, -0.2) is 14.4 Å². The number of methoxy groups -OCH3 is 1. The van der Waals surface area contributed by atoms with Gasteiger partial charge in [-0.2, -0.15) is 0 Å². The van der Waals surface area contributed by atoms with Crippen LogP contribution in [0, 0.1) is 10.1 Å². The number of carbonyl (C=O) groups excluding carboxylic acids is 2. The van der Waals surface area contributed by atoms with E-state index in [-0.39, 0.29) is 16.5 Å². The van der Waals surface area contributed by atoms with Gasteiger partial charge in [-0.05, 0) is 55.6 Å². The lowest BCUT2D eigenvalue weighted by atomic mass is 10.0. The number of nitrogens with zero attached hydrogens (tertiary/aromatic N) is 3. The normalized spacial score (nSPS) is 15.7. The van der Waals surface area contributed by atoms with Gasteiger partial charge in [-0.3, -0.25) is 14.9 Å². The molecule has 0 unspecified atom stereocenters. The van der Waals surface area contributed by atoms with Gasteiger partial charge >= 0.3 is 17.9 Å². The summed E-state index contributed by atoms with van der Waals surface area (Å²) in [6.45, 7) is 3.83. The molecule has 0 aromatic heterocycles. The third-order valence-electron chi connectivity index (χ3n) is 6.68. The molecular weight excluding hydrogens is 630 g/mol. The van der Waals surface area contributed by atoms with Crippen molar-refractivity contribution >= 4 is 58.6 Å². The number of carbonyl (C=O) groups is 4. The number of rotatable bonds is 9. The molecule has 0 bridgehead atoms. The van der Waals surface area contributed by atoms with E-state index in [0.717, 1.165) is 28.8 Å². The summed E-state index contributed by atoms with van der Waals surface area (Å²) in [6.07, 6.45) is -1.22. The Bertz CT molecular complexity index is 1560. The zero-order valence-electron chi connectivity index (χ0n) is 24.4. The molecule has 238 valence electrons. The standard InChI is InChI=1S/C28H28ClN3O6S.C2H2O4/c1-4-30(2)15-16-31-22-7-5-6-8-24(22)39-26(18-9-12-20(37-3)13-10-18)25(27(31)33)38-28(34)19-11-14-21(29)23(17-19)32(35)36;3-1(4)2(5)6/h5-14,17,25-26H,4,15-16H2,1-3H3;(H,3,4)(H,5,6)/t25-,26+;/m1./s1. The Kier molecular flexibility index (Phi) is 12.3. The lowest BCUT2D eigenvalue weighted by Crippen LogP contribution is -2.45. The van der Waals surface area contributed by atoms with Crippen LogP contribution in [-0.4, -0.2) is 83.7 Å². The highest BCUT2D eigenvalue weighted by atomic mass is 35.5. The van der Waals surface area contributed by atoms with Crippen LogP contribution >= 0.6 is 23.4 Å². The van der Waals surface area contributed by atoms with E-state index in [9.17, 15) is 19.7 Å². The number of halogens is 1. The molecule has 3 aromatic rings. The Hall–Kier alpha value is -4.66. The van der Waals surface area contributed by atoms with Crippen molar-refractivity contribution in [3.63, 3.8) is 0 Å². The molecule has 0 saturated carbocycles. The number of fused-ring (bicyclic) bond motifs is 1. The van der Waals surface area contributed by atoms with E-state index in [2.05, 4.69) is 4.90 Å². The van der Waals surface area contributed by atoms with E-state index in [1.165, 1.54) is 23.9 Å². The number of carboxylic acid groups (broad SMARTS) is 2. The second-order valence-corrected chi connectivity index (χ2v) is 11.1. The molecule has 4 rings (SSSR count). The van der Waals surface area contributed by atoms with Gasteiger partial charge in [0.05, 0.1) is 28.5 Å². The maximum Gasteiger partial charge on any atom is 0.414 e. The number of hydrogen-bond acceptors (Lipinski definition) is 10. The maximum absolute atomic E-state index is 14.2. The maximum atomic E-state index is 14.2. The van der Waals surface area contributed by atoms with Crippen molar-refractivity contribution in [3.8, 4) is 5.75 Å². The minimum Gasteiger partial charge on any atom is -0.497 e. The number of aliphatic carboxylic acids is 2. The Labute approximate surface area is 267 Å². The Morgan fingerprint density at radius 2 is 1.71 bits per heavy atom.